The normalized spacial score (nSPS) is 13.3. The van der Waals surface area contributed by atoms with E-state index in [1.165, 1.54) is 33.1 Å². The molecule has 0 saturated heterocycles. The number of halogens is 1. The Morgan fingerprint density at radius 2 is 1.80 bits per heavy atom. The van der Waals surface area contributed by atoms with Gasteiger partial charge in [0.05, 0.1) is 28.7 Å². The topological polar surface area (TPSA) is 125 Å². The highest BCUT2D eigenvalue weighted by Crippen LogP contribution is 2.48. The number of benzene rings is 2. The summed E-state index contributed by atoms with van der Waals surface area (Å²) in [6.45, 7) is 6.92. The molecule has 0 aliphatic carbocycles. The summed E-state index contributed by atoms with van der Waals surface area (Å²) in [6, 6.07) is 12.9. The molecule has 2 aromatic carbocycles. The third-order valence-corrected chi connectivity index (χ3v) is 8.11. The lowest BCUT2D eigenvalue weighted by Gasteiger charge is -2.32. The maximum atomic E-state index is 12.6. The summed E-state index contributed by atoms with van der Waals surface area (Å²) in [5.41, 5.74) is -0.387. The molecule has 40 heavy (non-hydrogen) atoms. The molecule has 0 fully saturated rings. The van der Waals surface area contributed by atoms with E-state index in [4.69, 9.17) is 39.4 Å². The number of carbonyl (C=O) groups is 1. The molecule has 0 spiro atoms. The minimum absolute atomic E-state index is 0.0726. The van der Waals surface area contributed by atoms with Gasteiger partial charge in [0.25, 0.3) is 0 Å². The zero-order valence-corrected chi connectivity index (χ0v) is 26.2. The molecule has 0 aliphatic rings. The maximum Gasteiger partial charge on any atom is 0.474 e. The molecule has 0 heterocycles. The van der Waals surface area contributed by atoms with Crippen LogP contribution < -0.4 is 10.1 Å². The molecule has 2 aromatic rings. The van der Waals surface area contributed by atoms with Gasteiger partial charge in [0.15, 0.2) is 6.79 Å². The van der Waals surface area contributed by atoms with E-state index in [9.17, 15) is 14.6 Å². The Kier molecular flexibility index (Phi) is 12.8. The van der Waals surface area contributed by atoms with E-state index >= 15 is 0 Å². The summed E-state index contributed by atoms with van der Waals surface area (Å²) in [5, 5.41) is 12.6. The molecule has 13 heteroatoms. The number of amides is 1. The van der Waals surface area contributed by atoms with Crippen LogP contribution in [-0.2, 0) is 34.0 Å². The van der Waals surface area contributed by atoms with E-state index in [0.29, 0.717) is 29.2 Å². The van der Waals surface area contributed by atoms with Gasteiger partial charge in [-0.15, -0.1) is 0 Å². The molecule has 220 valence electrons. The predicted molar refractivity (Wildman–Crippen MR) is 153 cm³/mol. The zero-order valence-electron chi connectivity index (χ0n) is 23.7. The van der Waals surface area contributed by atoms with Crippen molar-refractivity contribution in [2.45, 2.75) is 61.5 Å². The van der Waals surface area contributed by atoms with Gasteiger partial charge in [-0.25, -0.2) is 9.36 Å². The first-order valence-corrected chi connectivity index (χ1v) is 14.9. The Balaban J connectivity index is 2.22. The molecule has 0 radical (unpaired) electrons. The Labute approximate surface area is 245 Å². The van der Waals surface area contributed by atoms with Gasteiger partial charge in [-0.3, -0.25) is 13.6 Å². The number of hydrogen-bond donors (Lipinski definition) is 1. The SMILES string of the molecule is COCOc1ccc(C#N)cc1Sc1ccc(CC[C@@](C)(COP(=O)(OC)OC)NC(=O)OC(C)(C)C)c(Cl)c1. The molecular weight excluding hydrogens is 579 g/mol. The highest BCUT2D eigenvalue weighted by atomic mass is 35.5. The van der Waals surface area contributed by atoms with E-state index in [0.717, 1.165) is 15.4 Å². The van der Waals surface area contributed by atoms with Crippen molar-refractivity contribution in [3.8, 4) is 11.8 Å². The number of alkyl carbamates (subject to hydrolysis) is 1. The second-order valence-electron chi connectivity index (χ2n) is 9.95. The smallest absolute Gasteiger partial charge is 0.466 e. The molecular formula is C27H36ClN2O8PS. The molecule has 10 nitrogen and oxygen atoms in total. The Hall–Kier alpha value is -2.29. The molecule has 0 aromatic heterocycles. The van der Waals surface area contributed by atoms with Crippen LogP contribution >= 0.6 is 31.2 Å². The first-order chi connectivity index (χ1) is 18.7. The highest BCUT2D eigenvalue weighted by molar-refractivity contribution is 7.99. The Morgan fingerprint density at radius 3 is 2.38 bits per heavy atom. The lowest BCUT2D eigenvalue weighted by Crippen LogP contribution is -2.51. The standard InChI is InChI=1S/C27H36ClN2O8PS/c1-26(2,3)38-25(31)30-27(4,17-37-39(32,34-6)35-7)13-12-20-9-10-21(15-22(20)28)40-24-14-19(16-29)8-11-23(24)36-18-33-5/h8-11,14-15H,12-13,17-18H2,1-7H3,(H,30,31)/t27-/m0/s1. The quantitative estimate of drug-likeness (QED) is 0.176. The summed E-state index contributed by atoms with van der Waals surface area (Å²) in [6.07, 6.45) is 0.174. The molecule has 0 aliphatic heterocycles. The van der Waals surface area contributed by atoms with Gasteiger partial charge in [-0.05, 0) is 76.4 Å². The van der Waals surface area contributed by atoms with Crippen molar-refractivity contribution in [1.82, 2.24) is 5.32 Å². The van der Waals surface area contributed by atoms with Crippen LogP contribution in [0, 0.1) is 11.3 Å². The molecule has 0 bridgehead atoms. The van der Waals surface area contributed by atoms with Crippen LogP contribution in [0.25, 0.3) is 0 Å². The number of nitrogens with zero attached hydrogens (tertiary/aromatic N) is 1. The third-order valence-electron chi connectivity index (χ3n) is 5.39. The van der Waals surface area contributed by atoms with Crippen molar-refractivity contribution < 1.29 is 37.1 Å². The van der Waals surface area contributed by atoms with E-state index in [1.54, 1.807) is 45.9 Å². The second-order valence-corrected chi connectivity index (χ2v) is 13.4. The number of aryl methyl sites for hydroxylation is 1. The van der Waals surface area contributed by atoms with Crippen molar-refractivity contribution in [2.75, 3.05) is 34.7 Å². The highest BCUT2D eigenvalue weighted by Gasteiger charge is 2.34. The largest absolute Gasteiger partial charge is 0.474 e. The van der Waals surface area contributed by atoms with Crippen molar-refractivity contribution in [2.24, 2.45) is 0 Å². The van der Waals surface area contributed by atoms with Crippen molar-refractivity contribution in [3.63, 3.8) is 0 Å². The average Bonchev–Trinajstić information content (AvgIpc) is 2.89. The number of rotatable bonds is 14. The van der Waals surface area contributed by atoms with Crippen LogP contribution in [0.2, 0.25) is 5.02 Å². The Morgan fingerprint density at radius 1 is 1.10 bits per heavy atom. The minimum Gasteiger partial charge on any atom is -0.466 e. The lowest BCUT2D eigenvalue weighted by molar-refractivity contribution is 0.0389. The van der Waals surface area contributed by atoms with E-state index in [-0.39, 0.29) is 13.4 Å². The first-order valence-electron chi connectivity index (χ1n) is 12.2. The number of nitrogens with one attached hydrogen (secondary N) is 1. The summed E-state index contributed by atoms with van der Waals surface area (Å²) in [5.74, 6) is 0.583. The van der Waals surface area contributed by atoms with Gasteiger partial charge in [-0.1, -0.05) is 29.4 Å². The zero-order chi connectivity index (χ0) is 30.0. The molecule has 1 atom stereocenters. The van der Waals surface area contributed by atoms with Gasteiger partial charge in [0.1, 0.15) is 11.4 Å². The fourth-order valence-electron chi connectivity index (χ4n) is 3.35. The number of nitriles is 1. The number of phosphoric ester groups is 1. The summed E-state index contributed by atoms with van der Waals surface area (Å²) in [4.78, 5) is 14.2. The first kappa shape index (κ1) is 33.9. The van der Waals surface area contributed by atoms with Gasteiger partial charge < -0.3 is 19.5 Å². The second kappa shape index (κ2) is 15.1. The minimum atomic E-state index is -3.78. The molecule has 2 rings (SSSR count). The number of hydrogen-bond acceptors (Lipinski definition) is 10. The molecule has 0 unspecified atom stereocenters. The van der Waals surface area contributed by atoms with Crippen molar-refractivity contribution in [3.05, 3.63) is 52.5 Å². The summed E-state index contributed by atoms with van der Waals surface area (Å²) in [7, 11) is 0.174. The van der Waals surface area contributed by atoms with Crippen molar-refractivity contribution in [1.29, 1.82) is 5.26 Å². The predicted octanol–water partition coefficient (Wildman–Crippen LogP) is 6.98. The van der Waals surface area contributed by atoms with Crippen LogP contribution in [-0.4, -0.2) is 52.0 Å². The average molecular weight is 615 g/mol. The monoisotopic (exact) mass is 614 g/mol. The molecule has 1 N–H and O–H groups in total. The third kappa shape index (κ3) is 10.9. The van der Waals surface area contributed by atoms with E-state index < -0.39 is 25.1 Å². The van der Waals surface area contributed by atoms with Gasteiger partial charge in [0, 0.05) is 31.2 Å². The Bertz CT molecular complexity index is 1240. The van der Waals surface area contributed by atoms with Crippen LogP contribution in [0.3, 0.4) is 0 Å². The van der Waals surface area contributed by atoms with Crippen LogP contribution in [0.1, 0.15) is 45.2 Å². The van der Waals surface area contributed by atoms with Gasteiger partial charge in [-0.2, -0.15) is 5.26 Å². The molecule has 1 amide bonds. The number of methoxy groups -OCH3 is 1. The van der Waals surface area contributed by atoms with Crippen LogP contribution in [0.5, 0.6) is 5.75 Å². The van der Waals surface area contributed by atoms with Gasteiger partial charge in [0.2, 0.25) is 0 Å². The fourth-order valence-corrected chi connectivity index (χ4v) is 5.48. The lowest BCUT2D eigenvalue weighted by atomic mass is 9.94. The van der Waals surface area contributed by atoms with Crippen molar-refractivity contribution >= 4 is 37.3 Å². The van der Waals surface area contributed by atoms with Crippen LogP contribution in [0.4, 0.5) is 4.79 Å². The number of phosphoric acid groups is 1. The molecule has 0 saturated carbocycles. The van der Waals surface area contributed by atoms with E-state index in [1.807, 2.05) is 18.2 Å². The van der Waals surface area contributed by atoms with E-state index in [2.05, 4.69) is 11.4 Å². The summed E-state index contributed by atoms with van der Waals surface area (Å²) >= 11 is 8.05. The summed E-state index contributed by atoms with van der Waals surface area (Å²) < 4.78 is 43.7. The van der Waals surface area contributed by atoms with Gasteiger partial charge >= 0.3 is 13.9 Å². The number of ether oxygens (including phenoxy) is 3. The number of carbonyl (C=O) groups excluding carboxylic acids is 1. The maximum absolute atomic E-state index is 12.6. The van der Waals surface area contributed by atoms with Crippen LogP contribution in [0.15, 0.2) is 46.2 Å². The fraction of sp³-hybridized carbons (Fsp3) is 0.481.